The predicted molar refractivity (Wildman–Crippen MR) is 78.4 cm³/mol. The van der Waals surface area contributed by atoms with Crippen molar-refractivity contribution in [2.45, 2.75) is 25.7 Å². The van der Waals surface area contributed by atoms with Crippen molar-refractivity contribution in [1.29, 1.82) is 0 Å². The van der Waals surface area contributed by atoms with Gasteiger partial charge in [0.05, 0.1) is 5.69 Å². The van der Waals surface area contributed by atoms with Crippen molar-refractivity contribution in [1.82, 2.24) is 5.32 Å². The Morgan fingerprint density at radius 2 is 2.05 bits per heavy atom. The lowest BCUT2D eigenvalue weighted by Gasteiger charge is -2.22. The van der Waals surface area contributed by atoms with Gasteiger partial charge in [-0.2, -0.15) is 0 Å². The Hall–Kier alpha value is -1.95. The van der Waals surface area contributed by atoms with E-state index in [1.807, 2.05) is 0 Å². The molecule has 0 saturated carbocycles. The van der Waals surface area contributed by atoms with Gasteiger partial charge in [-0.25, -0.2) is 4.39 Å². The van der Waals surface area contributed by atoms with E-state index in [0.29, 0.717) is 12.3 Å². The number of rotatable bonds is 5. The van der Waals surface area contributed by atoms with Crippen LogP contribution < -0.4 is 16.4 Å². The number of amides is 2. The van der Waals surface area contributed by atoms with Crippen molar-refractivity contribution < 1.29 is 14.0 Å². The topological polar surface area (TPSA) is 84.2 Å². The van der Waals surface area contributed by atoms with E-state index in [2.05, 4.69) is 10.6 Å². The van der Waals surface area contributed by atoms with Crippen molar-refractivity contribution in [3.05, 3.63) is 29.6 Å². The fourth-order valence-electron chi connectivity index (χ4n) is 2.49. The zero-order valence-corrected chi connectivity index (χ0v) is 11.8. The maximum atomic E-state index is 13.6. The molecule has 1 heterocycles. The molecule has 21 heavy (non-hydrogen) atoms. The molecule has 2 rings (SSSR count). The van der Waals surface area contributed by atoms with Crippen LogP contribution in [0.2, 0.25) is 0 Å². The average Bonchev–Trinajstić information content (AvgIpc) is 2.48. The summed E-state index contributed by atoms with van der Waals surface area (Å²) in [5, 5.41) is 5.78. The average molecular weight is 293 g/mol. The van der Waals surface area contributed by atoms with Crippen LogP contribution in [-0.2, 0) is 4.79 Å². The second-order valence-corrected chi connectivity index (χ2v) is 5.34. The summed E-state index contributed by atoms with van der Waals surface area (Å²) in [5.74, 6) is -0.928. The summed E-state index contributed by atoms with van der Waals surface area (Å²) in [6.07, 6.45) is 3.28. The van der Waals surface area contributed by atoms with E-state index < -0.39 is 11.7 Å². The highest BCUT2D eigenvalue weighted by atomic mass is 19.1. The van der Waals surface area contributed by atoms with Crippen LogP contribution in [0.4, 0.5) is 10.1 Å². The van der Waals surface area contributed by atoms with E-state index in [0.717, 1.165) is 38.4 Å². The van der Waals surface area contributed by atoms with Crippen LogP contribution in [0.3, 0.4) is 0 Å². The van der Waals surface area contributed by atoms with Crippen LogP contribution in [0.5, 0.6) is 0 Å². The first-order chi connectivity index (χ1) is 10.1. The van der Waals surface area contributed by atoms with Crippen LogP contribution in [-0.4, -0.2) is 24.9 Å². The van der Waals surface area contributed by atoms with Gasteiger partial charge in [-0.3, -0.25) is 9.59 Å². The molecule has 0 aliphatic carbocycles. The molecule has 6 heteroatoms. The van der Waals surface area contributed by atoms with Gasteiger partial charge in [0.15, 0.2) is 0 Å². The molecule has 0 unspecified atom stereocenters. The number of hydrogen-bond donors (Lipinski definition) is 3. The fourth-order valence-corrected chi connectivity index (χ4v) is 2.49. The van der Waals surface area contributed by atoms with Gasteiger partial charge in [0.25, 0.3) is 0 Å². The lowest BCUT2D eigenvalue weighted by Crippen LogP contribution is -2.28. The number of primary amides is 1. The molecule has 0 aromatic heterocycles. The van der Waals surface area contributed by atoms with Crippen LogP contribution in [0.25, 0.3) is 0 Å². The van der Waals surface area contributed by atoms with E-state index in [1.54, 1.807) is 0 Å². The molecule has 0 atom stereocenters. The lowest BCUT2D eigenvalue weighted by molar-refractivity contribution is -0.116. The molecule has 0 bridgehead atoms. The number of carbonyl (C=O) groups is 2. The normalized spacial score (nSPS) is 15.7. The zero-order chi connectivity index (χ0) is 15.2. The standard InChI is InChI=1S/C15H20FN3O2/c16-12-3-2-11(15(17)21)9-13(12)19-14(20)4-1-10-5-7-18-8-6-10/h2-3,9-10,18H,1,4-8H2,(H2,17,21)(H,19,20). The highest BCUT2D eigenvalue weighted by Gasteiger charge is 2.15. The Balaban J connectivity index is 1.89. The van der Waals surface area contributed by atoms with Gasteiger partial charge in [0.1, 0.15) is 5.82 Å². The smallest absolute Gasteiger partial charge is 0.248 e. The SMILES string of the molecule is NC(=O)c1ccc(F)c(NC(=O)CCC2CCNCC2)c1. The number of nitrogens with two attached hydrogens (primary N) is 1. The number of carbonyl (C=O) groups excluding carboxylic acids is 2. The van der Waals surface area contributed by atoms with Crippen LogP contribution in [0.15, 0.2) is 18.2 Å². The molecule has 4 N–H and O–H groups in total. The van der Waals surface area contributed by atoms with Crippen molar-refractivity contribution in [3.8, 4) is 0 Å². The molecule has 1 aromatic carbocycles. The summed E-state index contributed by atoms with van der Waals surface area (Å²) in [6.45, 7) is 1.98. The van der Waals surface area contributed by atoms with Gasteiger partial charge in [0, 0.05) is 12.0 Å². The lowest BCUT2D eigenvalue weighted by atomic mass is 9.93. The van der Waals surface area contributed by atoms with E-state index >= 15 is 0 Å². The molecule has 0 radical (unpaired) electrons. The third-order valence-electron chi connectivity index (χ3n) is 3.76. The van der Waals surface area contributed by atoms with Gasteiger partial charge < -0.3 is 16.4 Å². The zero-order valence-electron chi connectivity index (χ0n) is 11.8. The highest BCUT2D eigenvalue weighted by Crippen LogP contribution is 2.20. The van der Waals surface area contributed by atoms with E-state index in [4.69, 9.17) is 5.73 Å². The number of nitrogens with one attached hydrogen (secondary N) is 2. The molecule has 1 saturated heterocycles. The number of hydrogen-bond acceptors (Lipinski definition) is 3. The number of halogens is 1. The Labute approximate surface area is 123 Å². The fraction of sp³-hybridized carbons (Fsp3) is 0.467. The van der Waals surface area contributed by atoms with Crippen LogP contribution in [0.1, 0.15) is 36.0 Å². The minimum absolute atomic E-state index is 0.00149. The van der Waals surface area contributed by atoms with Crippen molar-refractivity contribution in [3.63, 3.8) is 0 Å². The molecule has 5 nitrogen and oxygen atoms in total. The molecular formula is C15H20FN3O2. The minimum Gasteiger partial charge on any atom is -0.366 e. The molecule has 2 amide bonds. The Bertz CT molecular complexity index is 528. The summed E-state index contributed by atoms with van der Waals surface area (Å²) in [7, 11) is 0. The largest absolute Gasteiger partial charge is 0.366 e. The van der Waals surface area contributed by atoms with Gasteiger partial charge in [-0.05, 0) is 56.5 Å². The first-order valence-corrected chi connectivity index (χ1v) is 7.16. The van der Waals surface area contributed by atoms with Gasteiger partial charge in [-0.1, -0.05) is 0 Å². The first kappa shape index (κ1) is 15.4. The van der Waals surface area contributed by atoms with Crippen molar-refractivity contribution >= 4 is 17.5 Å². The third kappa shape index (κ3) is 4.53. The number of piperidine rings is 1. The van der Waals surface area contributed by atoms with Crippen molar-refractivity contribution in [2.75, 3.05) is 18.4 Å². The monoisotopic (exact) mass is 293 g/mol. The molecule has 1 aromatic rings. The predicted octanol–water partition coefficient (Wildman–Crippen LogP) is 1.64. The second kappa shape index (κ2) is 7.17. The number of benzene rings is 1. The molecule has 1 fully saturated rings. The van der Waals surface area contributed by atoms with Gasteiger partial charge >= 0.3 is 0 Å². The van der Waals surface area contributed by atoms with E-state index in [1.165, 1.54) is 12.1 Å². The Morgan fingerprint density at radius 1 is 1.33 bits per heavy atom. The van der Waals surface area contributed by atoms with Gasteiger partial charge in [-0.15, -0.1) is 0 Å². The van der Waals surface area contributed by atoms with E-state index in [-0.39, 0.29) is 17.2 Å². The number of anilines is 1. The Kier molecular flexibility index (Phi) is 5.27. The second-order valence-electron chi connectivity index (χ2n) is 5.34. The minimum atomic E-state index is -0.653. The summed E-state index contributed by atoms with van der Waals surface area (Å²) >= 11 is 0. The summed E-state index contributed by atoms with van der Waals surface area (Å²) < 4.78 is 13.6. The van der Waals surface area contributed by atoms with Gasteiger partial charge in [0.2, 0.25) is 11.8 Å². The van der Waals surface area contributed by atoms with Crippen LogP contribution >= 0.6 is 0 Å². The third-order valence-corrected chi connectivity index (χ3v) is 3.76. The molecule has 114 valence electrons. The highest BCUT2D eigenvalue weighted by molar-refractivity contribution is 5.96. The van der Waals surface area contributed by atoms with Crippen molar-refractivity contribution in [2.24, 2.45) is 11.7 Å². The summed E-state index contributed by atoms with van der Waals surface area (Å²) in [5.41, 5.74) is 5.31. The summed E-state index contributed by atoms with van der Waals surface area (Å²) in [6, 6.07) is 3.69. The quantitative estimate of drug-likeness (QED) is 0.771. The molecule has 0 spiro atoms. The summed E-state index contributed by atoms with van der Waals surface area (Å²) in [4.78, 5) is 22.9. The molecule has 1 aliphatic rings. The maximum Gasteiger partial charge on any atom is 0.248 e. The maximum absolute atomic E-state index is 13.6. The Morgan fingerprint density at radius 3 is 2.71 bits per heavy atom. The van der Waals surface area contributed by atoms with E-state index in [9.17, 15) is 14.0 Å². The van der Waals surface area contributed by atoms with Crippen LogP contribution in [0, 0.1) is 11.7 Å². The molecule has 1 aliphatic heterocycles. The first-order valence-electron chi connectivity index (χ1n) is 7.16. The molecular weight excluding hydrogens is 273 g/mol.